The molecule has 7 nitrogen and oxygen atoms in total. The molecule has 1 aromatic heterocycles. The van der Waals surface area contributed by atoms with E-state index in [4.69, 9.17) is 10.5 Å². The summed E-state index contributed by atoms with van der Waals surface area (Å²) in [7, 11) is -2.24. The van der Waals surface area contributed by atoms with E-state index >= 15 is 0 Å². The summed E-state index contributed by atoms with van der Waals surface area (Å²) >= 11 is 0. The molecule has 1 saturated heterocycles. The fourth-order valence-corrected chi connectivity index (χ4v) is 3.45. The maximum Gasteiger partial charge on any atom is 0.243 e. The second-order valence-electron chi connectivity index (χ2n) is 5.01. The lowest BCUT2D eigenvalue weighted by Gasteiger charge is -2.35. The average molecular weight is 301 g/mol. The lowest BCUT2D eigenvalue weighted by atomic mass is 9.95. The van der Waals surface area contributed by atoms with Crippen molar-refractivity contribution < 1.29 is 18.3 Å². The number of nitrogens with two attached hydrogens (primary N) is 1. The summed E-state index contributed by atoms with van der Waals surface area (Å²) in [6, 6.07) is 2.69. The molecule has 3 N–H and O–H groups in total. The molecule has 0 aromatic carbocycles. The molecule has 1 fully saturated rings. The van der Waals surface area contributed by atoms with Crippen LogP contribution in [0.3, 0.4) is 0 Å². The van der Waals surface area contributed by atoms with E-state index in [1.807, 2.05) is 0 Å². The van der Waals surface area contributed by atoms with Gasteiger partial charge in [0.1, 0.15) is 5.82 Å². The van der Waals surface area contributed by atoms with E-state index in [9.17, 15) is 13.5 Å². The molecule has 20 heavy (non-hydrogen) atoms. The van der Waals surface area contributed by atoms with Crippen LogP contribution in [0.2, 0.25) is 0 Å². The minimum absolute atomic E-state index is 0.0287. The van der Waals surface area contributed by atoms with Crippen LogP contribution in [0.4, 0.5) is 5.82 Å². The van der Waals surface area contributed by atoms with E-state index in [1.165, 1.54) is 25.4 Å². The van der Waals surface area contributed by atoms with Gasteiger partial charge < -0.3 is 15.6 Å². The summed E-state index contributed by atoms with van der Waals surface area (Å²) in [5, 5.41) is 10.4. The average Bonchev–Trinajstić information content (AvgIpc) is 2.39. The first kappa shape index (κ1) is 15.2. The maximum atomic E-state index is 12.4. The van der Waals surface area contributed by atoms with Crippen molar-refractivity contribution in [3.8, 4) is 0 Å². The zero-order valence-corrected chi connectivity index (χ0v) is 12.1. The lowest BCUT2D eigenvalue weighted by molar-refractivity contribution is -0.0689. The number of ether oxygens (including phenoxy) is 1. The quantitative estimate of drug-likeness (QED) is 0.799. The number of nitrogens with zero attached hydrogens (tertiary/aromatic N) is 2. The van der Waals surface area contributed by atoms with Gasteiger partial charge in [-0.25, -0.2) is 13.4 Å². The highest BCUT2D eigenvalue weighted by Crippen LogP contribution is 2.24. The zero-order chi connectivity index (χ0) is 14.8. The van der Waals surface area contributed by atoms with Crippen molar-refractivity contribution in [3.63, 3.8) is 0 Å². The van der Waals surface area contributed by atoms with Crippen molar-refractivity contribution >= 4 is 15.8 Å². The van der Waals surface area contributed by atoms with Crippen molar-refractivity contribution in [2.75, 3.05) is 32.5 Å². The smallest absolute Gasteiger partial charge is 0.243 e. The van der Waals surface area contributed by atoms with E-state index in [-0.39, 0.29) is 17.3 Å². The molecule has 0 amide bonds. The fraction of sp³-hybridized carbons (Fsp3) is 0.583. The first-order valence-electron chi connectivity index (χ1n) is 6.31. The Morgan fingerprint density at radius 3 is 2.75 bits per heavy atom. The molecular formula is C12H19N3O4S. The molecule has 0 atom stereocenters. The van der Waals surface area contributed by atoms with Gasteiger partial charge in [0, 0.05) is 51.9 Å². The molecule has 2 rings (SSSR count). The van der Waals surface area contributed by atoms with E-state index in [0.717, 1.165) is 4.31 Å². The number of aliphatic hydroxyl groups is 1. The highest BCUT2D eigenvalue weighted by atomic mass is 32.2. The summed E-state index contributed by atoms with van der Waals surface area (Å²) in [5.41, 5.74) is 4.46. The number of pyridine rings is 1. The zero-order valence-electron chi connectivity index (χ0n) is 11.3. The minimum Gasteiger partial charge on any atom is -0.388 e. The Hall–Kier alpha value is -1.22. The Morgan fingerprint density at radius 1 is 1.50 bits per heavy atom. The van der Waals surface area contributed by atoms with Crippen molar-refractivity contribution in [2.24, 2.45) is 0 Å². The number of rotatable bonds is 4. The van der Waals surface area contributed by atoms with Crippen LogP contribution in [0.1, 0.15) is 12.8 Å². The van der Waals surface area contributed by atoms with Gasteiger partial charge in [0.05, 0.1) is 10.5 Å². The molecule has 0 bridgehead atoms. The summed E-state index contributed by atoms with van der Waals surface area (Å²) in [6.07, 6.45) is 2.19. The highest BCUT2D eigenvalue weighted by Gasteiger charge is 2.35. The first-order valence-corrected chi connectivity index (χ1v) is 7.75. The molecule has 0 spiro atoms. The summed E-state index contributed by atoms with van der Waals surface area (Å²) in [6.45, 7) is 0.903. The van der Waals surface area contributed by atoms with Gasteiger partial charge in [0.2, 0.25) is 10.0 Å². The summed E-state index contributed by atoms with van der Waals surface area (Å²) < 4.78 is 31.1. The Labute approximate surface area is 118 Å². The lowest BCUT2D eigenvalue weighted by Crippen LogP contribution is -2.47. The number of aromatic nitrogens is 1. The molecule has 1 aliphatic heterocycles. The molecule has 1 aromatic rings. The van der Waals surface area contributed by atoms with Crippen LogP contribution >= 0.6 is 0 Å². The number of hydrogen-bond donors (Lipinski definition) is 2. The van der Waals surface area contributed by atoms with Crippen molar-refractivity contribution in [1.29, 1.82) is 0 Å². The topological polar surface area (TPSA) is 106 Å². The SMILES string of the molecule is CN(CC1(O)CCOCC1)S(=O)(=O)c1ccnc(N)c1. The van der Waals surface area contributed by atoms with Crippen LogP contribution in [-0.2, 0) is 14.8 Å². The molecule has 0 radical (unpaired) electrons. The highest BCUT2D eigenvalue weighted by molar-refractivity contribution is 7.89. The van der Waals surface area contributed by atoms with Gasteiger partial charge in [0.25, 0.3) is 0 Å². The van der Waals surface area contributed by atoms with Gasteiger partial charge in [0.15, 0.2) is 0 Å². The molecule has 112 valence electrons. The third-order valence-electron chi connectivity index (χ3n) is 3.40. The Balaban J connectivity index is 2.17. The van der Waals surface area contributed by atoms with Crippen LogP contribution in [0.15, 0.2) is 23.2 Å². The standard InChI is InChI=1S/C12H19N3O4S/c1-15(9-12(16)3-6-19-7-4-12)20(17,18)10-2-5-14-11(13)8-10/h2,5,8,16H,3-4,6-7,9H2,1H3,(H2,13,14). The predicted octanol–water partition coefficient (Wildman–Crippen LogP) is -0.174. The van der Waals surface area contributed by atoms with Crippen LogP contribution in [0.25, 0.3) is 0 Å². The van der Waals surface area contributed by atoms with E-state index in [1.54, 1.807) is 0 Å². The summed E-state index contributed by atoms with van der Waals surface area (Å²) in [5.74, 6) is 0.143. The molecule has 1 aliphatic rings. The number of nitrogen functional groups attached to an aromatic ring is 1. The van der Waals surface area contributed by atoms with Crippen LogP contribution in [0, 0.1) is 0 Å². The van der Waals surface area contributed by atoms with Crippen molar-refractivity contribution in [2.45, 2.75) is 23.3 Å². The van der Waals surface area contributed by atoms with Crippen LogP contribution in [0.5, 0.6) is 0 Å². The van der Waals surface area contributed by atoms with E-state index in [2.05, 4.69) is 4.98 Å². The third kappa shape index (κ3) is 3.26. The van der Waals surface area contributed by atoms with Gasteiger partial charge >= 0.3 is 0 Å². The predicted molar refractivity (Wildman–Crippen MR) is 73.5 cm³/mol. The normalized spacial score (nSPS) is 19.1. The molecule has 0 saturated carbocycles. The third-order valence-corrected chi connectivity index (χ3v) is 5.20. The monoisotopic (exact) mass is 301 g/mol. The molecule has 2 heterocycles. The van der Waals surface area contributed by atoms with Gasteiger partial charge in [-0.15, -0.1) is 0 Å². The Kier molecular flexibility index (Phi) is 4.28. The largest absolute Gasteiger partial charge is 0.388 e. The molecule has 0 aliphatic carbocycles. The minimum atomic E-state index is -3.69. The van der Waals surface area contributed by atoms with E-state index in [0.29, 0.717) is 26.1 Å². The second-order valence-corrected chi connectivity index (χ2v) is 7.06. The van der Waals surface area contributed by atoms with Crippen LogP contribution < -0.4 is 5.73 Å². The molecule has 0 unspecified atom stereocenters. The number of likely N-dealkylation sites (N-methyl/N-ethyl adjacent to an activating group) is 1. The molecule has 8 heteroatoms. The first-order chi connectivity index (χ1) is 9.33. The Morgan fingerprint density at radius 2 is 2.15 bits per heavy atom. The number of hydrogen-bond acceptors (Lipinski definition) is 6. The van der Waals surface area contributed by atoms with Gasteiger partial charge in [-0.05, 0) is 6.07 Å². The number of sulfonamides is 1. The van der Waals surface area contributed by atoms with E-state index < -0.39 is 15.6 Å². The van der Waals surface area contributed by atoms with Crippen LogP contribution in [-0.4, -0.2) is 55.2 Å². The second kappa shape index (κ2) is 5.65. The van der Waals surface area contributed by atoms with Gasteiger partial charge in [-0.3, -0.25) is 0 Å². The summed E-state index contributed by atoms with van der Waals surface area (Å²) in [4.78, 5) is 3.84. The fourth-order valence-electron chi connectivity index (χ4n) is 2.18. The number of anilines is 1. The van der Waals surface area contributed by atoms with Gasteiger partial charge in [-0.2, -0.15) is 4.31 Å². The van der Waals surface area contributed by atoms with Gasteiger partial charge in [-0.1, -0.05) is 0 Å². The van der Waals surface area contributed by atoms with Crippen molar-refractivity contribution in [1.82, 2.24) is 9.29 Å². The molecular weight excluding hydrogens is 282 g/mol. The van der Waals surface area contributed by atoms with Crippen molar-refractivity contribution in [3.05, 3.63) is 18.3 Å². The maximum absolute atomic E-state index is 12.4. The Bertz CT molecular complexity index is 570.